The number of carbonyl (C=O) groups excluding carboxylic acids is 6. The van der Waals surface area contributed by atoms with Gasteiger partial charge in [-0.1, -0.05) is 173 Å². The highest BCUT2D eigenvalue weighted by Gasteiger charge is 2.54. The molecule has 1 aromatic rings. The molecule has 0 radical (unpaired) electrons. The van der Waals surface area contributed by atoms with Gasteiger partial charge in [-0.2, -0.15) is 0 Å². The van der Waals surface area contributed by atoms with Crippen LogP contribution < -0.4 is 5.32 Å². The van der Waals surface area contributed by atoms with Crippen LogP contribution in [-0.4, -0.2) is 138 Å². The number of likely N-dealkylation sites (tertiary alicyclic amines) is 1. The van der Waals surface area contributed by atoms with E-state index in [1.165, 1.54) is 141 Å². The van der Waals surface area contributed by atoms with Crippen molar-refractivity contribution in [2.75, 3.05) is 72.6 Å². The van der Waals surface area contributed by atoms with Gasteiger partial charge in [0.2, 0.25) is 35.4 Å². The van der Waals surface area contributed by atoms with Gasteiger partial charge in [-0.05, 0) is 157 Å². The number of hydrogen-bond acceptors (Lipinski definition) is 7. The second kappa shape index (κ2) is 46.5. The van der Waals surface area contributed by atoms with Gasteiger partial charge in [0.1, 0.15) is 0 Å². The molecule has 7 rings (SSSR count). The Morgan fingerprint density at radius 3 is 1.26 bits per heavy atom. The second-order valence-electron chi connectivity index (χ2n) is 26.2. The number of ether oxygens (including phenoxy) is 1. The predicted octanol–water partition coefficient (Wildman–Crippen LogP) is 16.5. The highest BCUT2D eigenvalue weighted by atomic mass is 16.5. The molecule has 6 fully saturated rings. The van der Waals surface area contributed by atoms with Gasteiger partial charge in [0.05, 0.1) is 19.3 Å². The van der Waals surface area contributed by atoms with E-state index in [2.05, 4.69) is 63.5 Å². The summed E-state index contributed by atoms with van der Waals surface area (Å²) in [5, 5.41) is 2.89. The molecule has 0 spiro atoms. The molecule has 1 unspecified atom stereocenters. The van der Waals surface area contributed by atoms with Crippen molar-refractivity contribution in [2.45, 2.75) is 248 Å². The lowest BCUT2D eigenvalue weighted by Crippen LogP contribution is -2.61. The number of hydrogen-bond donors (Lipinski definition) is 1. The van der Waals surface area contributed by atoms with Crippen LogP contribution >= 0.6 is 0 Å². The predicted molar refractivity (Wildman–Crippen MR) is 373 cm³/mol. The number of benzene rings is 1. The van der Waals surface area contributed by atoms with Crippen LogP contribution in [0.4, 0.5) is 0 Å². The average Bonchev–Trinajstić information content (AvgIpc) is 0.784. The van der Waals surface area contributed by atoms with Gasteiger partial charge < -0.3 is 34.6 Å². The molecular formula is C76H128N6O7. The SMILES string of the molecule is C=C(C)C(=O)N(C)C(C)c1ccccc1.C=C(C)C(=O)N(CC)C12CC3CC(CC(C3)C1)C2.C=C(C)C(=O)N(CC)CC.C=C(C)C(=O)N1CCCCC1.C=C(C)C(=O)N1CCOCC1.C=C(C)C(=O)NCCCCCCCCCCCCCCCCCC. The number of nitrogens with zero attached hydrogens (tertiary/aromatic N) is 5. The van der Waals surface area contributed by atoms with Crippen LogP contribution in [0, 0.1) is 17.8 Å². The van der Waals surface area contributed by atoms with Crippen LogP contribution in [0.2, 0.25) is 0 Å². The number of amides is 6. The standard InChI is InChI=1S/C22H43NO.C16H25NO.C13H17NO.C9H15NO.C8H13NO2.C8H15NO/c1-4-5-6-7-8-9-10-11-12-13-14-15-16-17-18-19-20-23-22(24)21(2)3;1-4-17(15(18)11(2)3)16-8-12-5-13(9-16)7-14(6-12)10-16;1-10(2)13(15)14(4)11(3)12-8-6-5-7-9-12;1-8(2)9(11)10-6-4-3-5-7-10;1-7(2)8(10)9-3-5-11-6-4-9;1-5-9(6-2)8(10)7(3)4/h2,4-20H2,1,3H3,(H,23,24);12-14H,2,4-10H2,1,3H3;5-9,11H,1H2,2-4H3;1,3-7H2,2H3;1,3-6H2,2H3;3,5-6H2,1-2,4H3. The van der Waals surface area contributed by atoms with Crippen molar-refractivity contribution < 1.29 is 33.5 Å². The maximum atomic E-state index is 12.4. The zero-order valence-corrected chi connectivity index (χ0v) is 58.8. The molecule has 89 heavy (non-hydrogen) atoms. The lowest BCUT2D eigenvalue weighted by molar-refractivity contribution is -0.146. The fraction of sp³-hybridized carbons (Fsp3) is 0.684. The summed E-state index contributed by atoms with van der Waals surface area (Å²) < 4.78 is 5.11. The Morgan fingerprint density at radius 2 is 0.910 bits per heavy atom. The van der Waals surface area contributed by atoms with E-state index in [4.69, 9.17) is 4.74 Å². The molecule has 504 valence electrons. The van der Waals surface area contributed by atoms with Crippen LogP contribution in [0.5, 0.6) is 0 Å². The summed E-state index contributed by atoms with van der Waals surface area (Å²) >= 11 is 0. The molecule has 4 bridgehead atoms. The maximum absolute atomic E-state index is 12.4. The Bertz CT molecular complexity index is 2250. The molecule has 2 heterocycles. The Morgan fingerprint density at radius 1 is 0.517 bits per heavy atom. The molecule has 13 heteroatoms. The third-order valence-electron chi connectivity index (χ3n) is 17.8. The number of carbonyl (C=O) groups is 6. The van der Waals surface area contributed by atoms with Crippen molar-refractivity contribution in [1.29, 1.82) is 0 Å². The number of unbranched alkanes of at least 4 members (excludes halogenated alkanes) is 15. The van der Waals surface area contributed by atoms with Gasteiger partial charge >= 0.3 is 0 Å². The van der Waals surface area contributed by atoms with E-state index in [1.807, 2.05) is 62.9 Å². The summed E-state index contributed by atoms with van der Waals surface area (Å²) in [6, 6.07) is 10.0. The average molecular weight is 1240 g/mol. The van der Waals surface area contributed by atoms with Gasteiger partial charge in [0.25, 0.3) is 0 Å². The van der Waals surface area contributed by atoms with E-state index in [0.717, 1.165) is 81.8 Å². The second-order valence-corrected chi connectivity index (χ2v) is 26.2. The van der Waals surface area contributed by atoms with Gasteiger partial charge in [0, 0.05) is 98.4 Å². The summed E-state index contributed by atoms with van der Waals surface area (Å²) in [6.07, 6.45) is 33.7. The molecule has 4 aliphatic carbocycles. The molecule has 1 N–H and O–H groups in total. The number of piperidine rings is 1. The van der Waals surface area contributed by atoms with Gasteiger partial charge in [-0.15, -0.1) is 0 Å². The van der Waals surface area contributed by atoms with Crippen LogP contribution in [-0.2, 0) is 33.5 Å². The summed E-state index contributed by atoms with van der Waals surface area (Å²) in [5.74, 6) is 3.10. The van der Waals surface area contributed by atoms with E-state index >= 15 is 0 Å². The Balaban J connectivity index is 0.000000549. The van der Waals surface area contributed by atoms with Gasteiger partial charge in [-0.25, -0.2) is 0 Å². The molecule has 2 aliphatic heterocycles. The zero-order valence-electron chi connectivity index (χ0n) is 58.8. The molecule has 6 amide bonds. The van der Waals surface area contributed by atoms with Crippen LogP contribution in [0.1, 0.15) is 248 Å². The summed E-state index contributed by atoms with van der Waals surface area (Å²) in [4.78, 5) is 78.4. The molecule has 4 saturated carbocycles. The Labute approximate surface area is 543 Å². The normalized spacial score (nSPS) is 18.7. The highest BCUT2D eigenvalue weighted by Crippen LogP contribution is 2.58. The first-order chi connectivity index (χ1) is 42.3. The van der Waals surface area contributed by atoms with Crippen LogP contribution in [0.25, 0.3) is 0 Å². The van der Waals surface area contributed by atoms with Crippen molar-refractivity contribution in [2.24, 2.45) is 17.8 Å². The number of rotatable bonds is 29. The molecule has 2 saturated heterocycles. The van der Waals surface area contributed by atoms with Crippen molar-refractivity contribution in [3.8, 4) is 0 Å². The van der Waals surface area contributed by atoms with E-state index in [0.29, 0.717) is 59.7 Å². The molecule has 0 aromatic heterocycles. The summed E-state index contributed by atoms with van der Waals surface area (Å²) in [7, 11) is 1.80. The first-order valence-electron chi connectivity index (χ1n) is 34.6. The summed E-state index contributed by atoms with van der Waals surface area (Å²) in [5.41, 5.74) is 5.08. The minimum atomic E-state index is -0.00801. The molecule has 13 nitrogen and oxygen atoms in total. The maximum Gasteiger partial charge on any atom is 0.249 e. The third kappa shape index (κ3) is 32.3. The first kappa shape index (κ1) is 81.5. The lowest BCUT2D eigenvalue weighted by atomic mass is 9.52. The number of morpholine rings is 1. The van der Waals surface area contributed by atoms with E-state index in [1.54, 1.807) is 56.4 Å². The third-order valence-corrected chi connectivity index (χ3v) is 17.8. The molecule has 6 aliphatic rings. The molecule has 1 aromatic carbocycles. The van der Waals surface area contributed by atoms with Gasteiger partial charge in [0.15, 0.2) is 0 Å². The van der Waals surface area contributed by atoms with Crippen molar-refractivity contribution in [3.63, 3.8) is 0 Å². The zero-order chi connectivity index (χ0) is 66.9. The highest BCUT2D eigenvalue weighted by molar-refractivity contribution is 5.94. The topological polar surface area (TPSA) is 140 Å². The Kier molecular flexibility index (Phi) is 42.6. The first-order valence-corrected chi connectivity index (χ1v) is 34.6. The van der Waals surface area contributed by atoms with Crippen LogP contribution in [0.3, 0.4) is 0 Å². The lowest BCUT2D eigenvalue weighted by Gasteiger charge is -2.60. The quantitative estimate of drug-likeness (QED) is 0.0622. The van der Waals surface area contributed by atoms with E-state index < -0.39 is 0 Å². The Hall–Kier alpha value is -5.56. The number of nitrogens with one attached hydrogen (secondary N) is 1. The van der Waals surface area contributed by atoms with Crippen LogP contribution in [0.15, 0.2) is 103 Å². The minimum absolute atomic E-state index is 0.00374. The van der Waals surface area contributed by atoms with E-state index in [-0.39, 0.29) is 47.0 Å². The monoisotopic (exact) mass is 1240 g/mol. The fourth-order valence-electron chi connectivity index (χ4n) is 13.0. The van der Waals surface area contributed by atoms with E-state index in [9.17, 15) is 28.8 Å². The summed E-state index contributed by atoms with van der Waals surface area (Å²) in [6.45, 7) is 50.6. The van der Waals surface area contributed by atoms with Crippen molar-refractivity contribution >= 4 is 35.4 Å². The van der Waals surface area contributed by atoms with Crippen molar-refractivity contribution in [1.82, 2.24) is 29.8 Å². The molecular weight excluding hydrogens is 1110 g/mol. The number of likely N-dealkylation sites (N-methyl/N-ethyl adjacent to an activating group) is 3. The molecule has 1 atom stereocenters. The smallest absolute Gasteiger partial charge is 0.249 e. The minimum Gasteiger partial charge on any atom is -0.378 e. The fourth-order valence-corrected chi connectivity index (χ4v) is 13.0. The van der Waals surface area contributed by atoms with Gasteiger partial charge in [-0.3, -0.25) is 28.8 Å². The van der Waals surface area contributed by atoms with Crippen molar-refractivity contribution in [3.05, 3.63) is 109 Å². The largest absolute Gasteiger partial charge is 0.378 e.